The summed E-state index contributed by atoms with van der Waals surface area (Å²) in [7, 11) is 1.65. The molecule has 4 heterocycles. The number of aliphatic hydroxyl groups is 1. The number of benzene rings is 3. The number of anilines is 1. The number of hydrogen-bond donors (Lipinski definition) is 2. The summed E-state index contributed by atoms with van der Waals surface area (Å²) >= 11 is 0. The number of methoxy groups -OCH3 is 1. The number of hydrogen-bond acceptors (Lipinski definition) is 9. The molecule has 7 rings (SSSR count). The zero-order valence-corrected chi connectivity index (χ0v) is 28.3. The number of amides is 2. The van der Waals surface area contributed by atoms with E-state index < -0.39 is 41.7 Å². The van der Waals surface area contributed by atoms with Crippen LogP contribution in [-0.4, -0.2) is 98.6 Å². The SMILES string of the molecule is COc1ccccc1C1CNCCN1C1N(c2ccccc2)C(=O)N([C@H](C)[C@H](C)O)N1C1COC(Cn2cncn2)(c2ccc(F)cc2F)C1. The maximum absolute atomic E-state index is 15.7. The van der Waals surface area contributed by atoms with Crippen LogP contribution < -0.4 is 15.0 Å². The molecule has 1 aromatic heterocycles. The monoisotopic (exact) mass is 688 g/mol. The normalized spacial score (nSPS) is 26.0. The first-order valence-corrected chi connectivity index (χ1v) is 16.9. The van der Waals surface area contributed by atoms with E-state index >= 15 is 4.39 Å². The number of piperazine rings is 1. The predicted molar refractivity (Wildman–Crippen MR) is 181 cm³/mol. The molecule has 12 nitrogen and oxygen atoms in total. The van der Waals surface area contributed by atoms with Crippen LogP contribution in [0.4, 0.5) is 19.3 Å². The van der Waals surface area contributed by atoms with Gasteiger partial charge in [0.1, 0.15) is 35.6 Å². The van der Waals surface area contributed by atoms with E-state index in [0.717, 1.165) is 17.4 Å². The Labute approximate surface area is 289 Å². The summed E-state index contributed by atoms with van der Waals surface area (Å²) in [6.07, 6.45) is 1.57. The van der Waals surface area contributed by atoms with Gasteiger partial charge in [0.15, 0.2) is 6.29 Å². The third-order valence-electron chi connectivity index (χ3n) is 10.1. The quantitative estimate of drug-likeness (QED) is 0.255. The number of halogens is 2. The fraction of sp³-hybridized carbons (Fsp3) is 0.417. The van der Waals surface area contributed by atoms with Gasteiger partial charge in [0.2, 0.25) is 0 Å². The van der Waals surface area contributed by atoms with E-state index in [9.17, 15) is 14.3 Å². The molecule has 264 valence electrons. The first-order chi connectivity index (χ1) is 24.2. The Morgan fingerprint density at radius 1 is 1.10 bits per heavy atom. The number of nitrogens with one attached hydrogen (secondary N) is 1. The van der Waals surface area contributed by atoms with E-state index in [1.54, 1.807) is 28.6 Å². The van der Waals surface area contributed by atoms with Gasteiger partial charge >= 0.3 is 6.03 Å². The van der Waals surface area contributed by atoms with Crippen molar-refractivity contribution in [3.8, 4) is 5.75 Å². The molecule has 50 heavy (non-hydrogen) atoms. The molecule has 3 aliphatic heterocycles. The van der Waals surface area contributed by atoms with Crippen LogP contribution in [0, 0.1) is 11.6 Å². The maximum Gasteiger partial charge on any atom is 0.341 e. The van der Waals surface area contributed by atoms with E-state index in [2.05, 4.69) is 20.3 Å². The van der Waals surface area contributed by atoms with Gasteiger partial charge in [-0.15, -0.1) is 0 Å². The Morgan fingerprint density at radius 3 is 2.60 bits per heavy atom. The third-order valence-corrected chi connectivity index (χ3v) is 10.1. The first kappa shape index (κ1) is 34.0. The highest BCUT2D eigenvalue weighted by atomic mass is 19.1. The third kappa shape index (κ3) is 6.11. The smallest absolute Gasteiger partial charge is 0.341 e. The molecule has 4 unspecified atom stereocenters. The lowest BCUT2D eigenvalue weighted by Gasteiger charge is -2.47. The minimum atomic E-state index is -1.28. The number of rotatable bonds is 10. The van der Waals surface area contributed by atoms with Crippen molar-refractivity contribution in [2.45, 2.75) is 62.9 Å². The van der Waals surface area contributed by atoms with Crippen molar-refractivity contribution in [3.05, 3.63) is 108 Å². The highest BCUT2D eigenvalue weighted by Crippen LogP contribution is 2.46. The zero-order chi connectivity index (χ0) is 35.0. The van der Waals surface area contributed by atoms with Gasteiger partial charge in [-0.05, 0) is 38.1 Å². The summed E-state index contributed by atoms with van der Waals surface area (Å²) in [6, 6.07) is 19.2. The van der Waals surface area contributed by atoms with Crippen LogP contribution in [0.1, 0.15) is 37.4 Å². The van der Waals surface area contributed by atoms with E-state index in [4.69, 9.17) is 9.47 Å². The molecule has 0 radical (unpaired) electrons. The summed E-state index contributed by atoms with van der Waals surface area (Å²) in [6.45, 7) is 5.50. The Hall–Kier alpha value is -4.47. The number of aromatic nitrogens is 3. The van der Waals surface area contributed by atoms with E-state index in [0.29, 0.717) is 25.3 Å². The molecule has 0 spiro atoms. The molecular weight excluding hydrogens is 646 g/mol. The molecule has 2 amide bonds. The number of aliphatic hydroxyl groups excluding tert-OH is 1. The second-order valence-electron chi connectivity index (χ2n) is 13.1. The molecule has 0 bridgehead atoms. The number of para-hydroxylation sites is 2. The number of ether oxygens (including phenoxy) is 2. The number of carbonyl (C=O) groups excluding carboxylic acids is 1. The van der Waals surface area contributed by atoms with Crippen LogP contribution in [0.5, 0.6) is 5.75 Å². The lowest BCUT2D eigenvalue weighted by molar-refractivity contribution is -0.122. The predicted octanol–water partition coefficient (Wildman–Crippen LogP) is 4.11. The Bertz CT molecular complexity index is 1780. The van der Waals surface area contributed by atoms with Crippen LogP contribution in [0.25, 0.3) is 0 Å². The van der Waals surface area contributed by atoms with Crippen molar-refractivity contribution in [3.63, 3.8) is 0 Å². The molecule has 6 atom stereocenters. The standard InChI is InChI=1S/C36H42F2N8O4/c1-24(25(2)47)45-35(48)44(27-9-5-4-6-10-27)34(43-16-15-39-19-32(43)29-11-7-8-12-33(29)49-3)46(45)28-18-36(50-20-28,21-42-23-40-22-41-42)30-14-13-26(37)17-31(30)38/h4-14,17,22-25,28,32,34,39,47H,15-16,18-21H2,1-3H3/t24-,25+,28?,32?,34?,36?/m1/s1. The highest BCUT2D eigenvalue weighted by molar-refractivity contribution is 5.94. The molecule has 14 heteroatoms. The van der Waals surface area contributed by atoms with Gasteiger partial charge in [0.25, 0.3) is 0 Å². The summed E-state index contributed by atoms with van der Waals surface area (Å²) in [5.41, 5.74) is 0.543. The summed E-state index contributed by atoms with van der Waals surface area (Å²) in [5.74, 6) is -0.706. The molecule has 3 aliphatic rings. The van der Waals surface area contributed by atoms with E-state index in [1.807, 2.05) is 66.5 Å². The maximum atomic E-state index is 15.7. The molecule has 4 aromatic rings. The number of nitrogens with zero attached hydrogens (tertiary/aromatic N) is 7. The van der Waals surface area contributed by atoms with Crippen molar-refractivity contribution in [2.24, 2.45) is 0 Å². The average molecular weight is 689 g/mol. The van der Waals surface area contributed by atoms with Gasteiger partial charge in [-0.1, -0.05) is 42.5 Å². The second kappa shape index (κ2) is 14.0. The van der Waals surface area contributed by atoms with Crippen LogP contribution in [-0.2, 0) is 16.9 Å². The number of hydrazine groups is 1. The minimum Gasteiger partial charge on any atom is -0.496 e. The fourth-order valence-corrected chi connectivity index (χ4v) is 7.59. The Balaban J connectivity index is 1.38. The van der Waals surface area contributed by atoms with Crippen molar-refractivity contribution in [1.82, 2.24) is 35.0 Å². The topological polar surface area (TPSA) is 111 Å². The summed E-state index contributed by atoms with van der Waals surface area (Å²) in [5, 5.41) is 22.5. The molecular formula is C36H42F2N8O4. The molecule has 0 saturated carbocycles. The molecule has 2 N–H and O–H groups in total. The van der Waals surface area contributed by atoms with Gasteiger partial charge in [0.05, 0.1) is 44.5 Å². The van der Waals surface area contributed by atoms with Gasteiger partial charge < -0.3 is 19.9 Å². The van der Waals surface area contributed by atoms with Crippen LogP contribution in [0.2, 0.25) is 0 Å². The highest BCUT2D eigenvalue weighted by Gasteiger charge is 2.58. The largest absolute Gasteiger partial charge is 0.496 e. The van der Waals surface area contributed by atoms with Crippen LogP contribution >= 0.6 is 0 Å². The second-order valence-corrected chi connectivity index (χ2v) is 13.1. The molecule has 0 aliphatic carbocycles. The van der Waals surface area contributed by atoms with E-state index in [-0.39, 0.29) is 37.2 Å². The van der Waals surface area contributed by atoms with Gasteiger partial charge in [0, 0.05) is 48.9 Å². The average Bonchev–Trinajstić information content (AvgIpc) is 3.86. The molecule has 3 fully saturated rings. The number of urea groups is 1. The Morgan fingerprint density at radius 2 is 1.88 bits per heavy atom. The molecule has 3 aromatic carbocycles. The van der Waals surface area contributed by atoms with Gasteiger partial charge in [-0.25, -0.2) is 28.3 Å². The first-order valence-electron chi connectivity index (χ1n) is 16.9. The van der Waals surface area contributed by atoms with Crippen molar-refractivity contribution in [2.75, 3.05) is 38.3 Å². The van der Waals surface area contributed by atoms with Crippen molar-refractivity contribution >= 4 is 11.7 Å². The molecule has 3 saturated heterocycles. The number of carbonyl (C=O) groups is 1. The van der Waals surface area contributed by atoms with Crippen LogP contribution in [0.15, 0.2) is 85.5 Å². The minimum absolute atomic E-state index is 0.102. The van der Waals surface area contributed by atoms with E-state index in [1.165, 1.54) is 24.8 Å². The Kier molecular flexibility index (Phi) is 9.55. The van der Waals surface area contributed by atoms with Gasteiger partial charge in [-0.3, -0.25) is 9.80 Å². The zero-order valence-electron chi connectivity index (χ0n) is 28.3. The fourth-order valence-electron chi connectivity index (χ4n) is 7.59. The summed E-state index contributed by atoms with van der Waals surface area (Å²) in [4.78, 5) is 23.0. The lowest BCUT2D eigenvalue weighted by Crippen LogP contribution is -2.63. The van der Waals surface area contributed by atoms with Crippen LogP contribution in [0.3, 0.4) is 0 Å². The van der Waals surface area contributed by atoms with Crippen molar-refractivity contribution < 1.29 is 28.2 Å². The van der Waals surface area contributed by atoms with Crippen molar-refractivity contribution in [1.29, 1.82) is 0 Å². The van der Waals surface area contributed by atoms with Gasteiger partial charge in [-0.2, -0.15) is 10.1 Å². The summed E-state index contributed by atoms with van der Waals surface area (Å²) < 4.78 is 43.9. The lowest BCUT2D eigenvalue weighted by atomic mass is 9.88.